The molecular formula is C20H19NO7. The molecule has 1 aromatic carbocycles. The summed E-state index contributed by atoms with van der Waals surface area (Å²) in [5.41, 5.74) is -0.0748. The van der Waals surface area contributed by atoms with Crippen LogP contribution in [0.3, 0.4) is 0 Å². The Balaban J connectivity index is 1.74. The molecule has 4 rings (SSSR count). The molecule has 8 heteroatoms. The quantitative estimate of drug-likeness (QED) is 0.333. The van der Waals surface area contributed by atoms with E-state index in [0.717, 1.165) is 24.3 Å². The minimum atomic E-state index is -1.53. The summed E-state index contributed by atoms with van der Waals surface area (Å²) in [7, 11) is 0. The molecule has 2 amide bonds. The van der Waals surface area contributed by atoms with Crippen molar-refractivity contribution in [1.82, 2.24) is 0 Å². The van der Waals surface area contributed by atoms with Crippen LogP contribution in [-0.4, -0.2) is 41.7 Å². The predicted molar refractivity (Wildman–Crippen MR) is 94.7 cm³/mol. The van der Waals surface area contributed by atoms with Gasteiger partial charge >= 0.3 is 11.9 Å². The third-order valence-electron chi connectivity index (χ3n) is 5.28. The van der Waals surface area contributed by atoms with E-state index in [9.17, 15) is 19.2 Å². The zero-order chi connectivity index (χ0) is 20.2. The fourth-order valence-electron chi connectivity index (χ4n) is 4.17. The van der Waals surface area contributed by atoms with Crippen LogP contribution in [0, 0.1) is 18.8 Å². The van der Waals surface area contributed by atoms with Gasteiger partial charge in [0.1, 0.15) is 0 Å². The minimum Gasteiger partial charge on any atom is -0.422 e. The fourth-order valence-corrected chi connectivity index (χ4v) is 4.17. The lowest BCUT2D eigenvalue weighted by molar-refractivity contribution is -0.226. The number of aryl methyl sites for hydroxylation is 1. The van der Waals surface area contributed by atoms with Crippen LogP contribution in [0.15, 0.2) is 36.4 Å². The highest BCUT2D eigenvalue weighted by molar-refractivity contribution is 6.23. The van der Waals surface area contributed by atoms with Crippen molar-refractivity contribution in [3.63, 3.8) is 0 Å². The third-order valence-corrected chi connectivity index (χ3v) is 5.28. The summed E-state index contributed by atoms with van der Waals surface area (Å²) in [6, 6.07) is 7.02. The van der Waals surface area contributed by atoms with Crippen molar-refractivity contribution in [3.8, 4) is 0 Å². The molecule has 4 atom stereocenters. The molecule has 3 heterocycles. The van der Waals surface area contributed by atoms with Crippen molar-refractivity contribution in [1.29, 1.82) is 0 Å². The number of benzene rings is 1. The fraction of sp³-hybridized carbons (Fsp3) is 0.400. The summed E-state index contributed by atoms with van der Waals surface area (Å²) >= 11 is 0. The molecule has 28 heavy (non-hydrogen) atoms. The molecule has 0 aliphatic carbocycles. The van der Waals surface area contributed by atoms with Crippen LogP contribution in [0.1, 0.15) is 19.4 Å². The van der Waals surface area contributed by atoms with E-state index in [1.54, 1.807) is 24.3 Å². The minimum absolute atomic E-state index is 0.389. The number of nitrogens with zero attached hydrogens (tertiary/aromatic N) is 1. The van der Waals surface area contributed by atoms with Gasteiger partial charge in [-0.2, -0.15) is 0 Å². The summed E-state index contributed by atoms with van der Waals surface area (Å²) in [4.78, 5) is 50.6. The van der Waals surface area contributed by atoms with Crippen LogP contribution in [0.2, 0.25) is 0 Å². The van der Waals surface area contributed by atoms with Crippen molar-refractivity contribution in [2.75, 3.05) is 4.90 Å². The Kier molecular flexibility index (Phi) is 4.11. The molecule has 2 fully saturated rings. The third kappa shape index (κ3) is 2.56. The average Bonchev–Trinajstić information content (AvgIpc) is 3.26. The van der Waals surface area contributed by atoms with Gasteiger partial charge in [-0.1, -0.05) is 23.8 Å². The first-order valence-corrected chi connectivity index (χ1v) is 8.90. The number of fused-ring (bicyclic) bond motifs is 5. The van der Waals surface area contributed by atoms with Gasteiger partial charge in [0.2, 0.25) is 11.8 Å². The Morgan fingerprint density at radius 2 is 1.68 bits per heavy atom. The maximum Gasteiger partial charge on any atom is 0.305 e. The maximum atomic E-state index is 13.3. The Labute approximate surface area is 161 Å². The number of esters is 2. The predicted octanol–water partition coefficient (Wildman–Crippen LogP) is 1.26. The van der Waals surface area contributed by atoms with Crippen molar-refractivity contribution >= 4 is 29.4 Å². The monoisotopic (exact) mass is 385 g/mol. The van der Waals surface area contributed by atoms with Gasteiger partial charge in [-0.15, -0.1) is 0 Å². The van der Waals surface area contributed by atoms with E-state index in [1.807, 2.05) is 19.1 Å². The van der Waals surface area contributed by atoms with Crippen molar-refractivity contribution in [3.05, 3.63) is 42.0 Å². The highest BCUT2D eigenvalue weighted by atomic mass is 16.7. The van der Waals surface area contributed by atoms with Gasteiger partial charge in [-0.05, 0) is 25.1 Å². The SMILES string of the molecule is CC(=O)OC(OC(C)=O)[C@]12C=C[C@H](O1)[C@@H]1C(=O)N(c3ccc(C)cc3)C(=O)[C@@H]12. The lowest BCUT2D eigenvalue weighted by Crippen LogP contribution is -2.52. The largest absolute Gasteiger partial charge is 0.422 e. The average molecular weight is 385 g/mol. The zero-order valence-electron chi connectivity index (χ0n) is 15.6. The summed E-state index contributed by atoms with van der Waals surface area (Å²) in [6.45, 7) is 4.23. The van der Waals surface area contributed by atoms with Gasteiger partial charge in [-0.3, -0.25) is 19.2 Å². The first kappa shape index (κ1) is 18.4. The van der Waals surface area contributed by atoms with Gasteiger partial charge in [0.15, 0.2) is 5.60 Å². The number of hydrogen-bond donors (Lipinski definition) is 0. The van der Waals surface area contributed by atoms with Crippen molar-refractivity contribution in [2.24, 2.45) is 11.8 Å². The number of carbonyl (C=O) groups is 4. The molecule has 0 spiro atoms. The molecular weight excluding hydrogens is 366 g/mol. The Morgan fingerprint density at radius 3 is 2.25 bits per heavy atom. The lowest BCUT2D eigenvalue weighted by Gasteiger charge is -2.34. The molecule has 0 N–H and O–H groups in total. The second-order valence-electron chi connectivity index (χ2n) is 7.20. The smallest absolute Gasteiger partial charge is 0.305 e. The van der Waals surface area contributed by atoms with Crippen LogP contribution in [0.4, 0.5) is 5.69 Å². The van der Waals surface area contributed by atoms with Gasteiger partial charge in [-0.25, -0.2) is 4.90 Å². The lowest BCUT2D eigenvalue weighted by atomic mass is 9.76. The van der Waals surface area contributed by atoms with Crippen LogP contribution >= 0.6 is 0 Å². The summed E-state index contributed by atoms with van der Waals surface area (Å²) in [5, 5.41) is 0. The summed E-state index contributed by atoms with van der Waals surface area (Å²) < 4.78 is 16.2. The van der Waals surface area contributed by atoms with E-state index < -0.39 is 47.7 Å². The number of anilines is 1. The molecule has 2 saturated heterocycles. The van der Waals surface area contributed by atoms with Gasteiger partial charge in [0.25, 0.3) is 6.29 Å². The molecule has 0 unspecified atom stereocenters. The number of carbonyl (C=O) groups excluding carboxylic acids is 4. The molecule has 3 aliphatic heterocycles. The van der Waals surface area contributed by atoms with Crippen molar-refractivity contribution in [2.45, 2.75) is 38.8 Å². The van der Waals surface area contributed by atoms with Gasteiger partial charge < -0.3 is 14.2 Å². The standard InChI is InChI=1S/C20H19NO7/c1-10-4-6-13(7-5-10)21-17(24)15-14-8-9-20(28-14,16(15)18(21)25)19(26-11(2)22)27-12(3)23/h4-9,14-16,19H,1-3H3/t14-,15-,16+,20+/m0/s1. The molecule has 1 aromatic rings. The number of ether oxygens (including phenoxy) is 3. The van der Waals surface area contributed by atoms with E-state index in [0.29, 0.717) is 5.69 Å². The molecule has 0 aromatic heterocycles. The molecule has 146 valence electrons. The van der Waals surface area contributed by atoms with E-state index >= 15 is 0 Å². The topological polar surface area (TPSA) is 99.2 Å². The van der Waals surface area contributed by atoms with E-state index in [1.165, 1.54) is 0 Å². The Morgan fingerprint density at radius 1 is 1.07 bits per heavy atom. The zero-order valence-corrected chi connectivity index (χ0v) is 15.6. The van der Waals surface area contributed by atoms with Gasteiger partial charge in [0, 0.05) is 13.8 Å². The van der Waals surface area contributed by atoms with E-state index in [2.05, 4.69) is 0 Å². The van der Waals surface area contributed by atoms with Gasteiger partial charge in [0.05, 0.1) is 23.6 Å². The highest BCUT2D eigenvalue weighted by Gasteiger charge is 2.72. The molecule has 2 bridgehead atoms. The first-order valence-electron chi connectivity index (χ1n) is 8.90. The van der Waals surface area contributed by atoms with Crippen LogP contribution in [-0.2, 0) is 33.4 Å². The number of hydrogen-bond acceptors (Lipinski definition) is 7. The molecule has 0 saturated carbocycles. The second-order valence-corrected chi connectivity index (χ2v) is 7.20. The Bertz CT molecular complexity index is 890. The molecule has 0 radical (unpaired) electrons. The van der Waals surface area contributed by atoms with Crippen LogP contribution in [0.5, 0.6) is 0 Å². The van der Waals surface area contributed by atoms with Crippen LogP contribution < -0.4 is 4.90 Å². The van der Waals surface area contributed by atoms with E-state index in [-0.39, 0.29) is 5.91 Å². The summed E-state index contributed by atoms with van der Waals surface area (Å²) in [6.07, 6.45) is 1.07. The highest BCUT2D eigenvalue weighted by Crippen LogP contribution is 2.54. The summed E-state index contributed by atoms with van der Waals surface area (Å²) in [5.74, 6) is -3.99. The normalized spacial score (nSPS) is 30.1. The second kappa shape index (κ2) is 6.27. The number of rotatable bonds is 4. The van der Waals surface area contributed by atoms with Crippen molar-refractivity contribution < 1.29 is 33.4 Å². The Hall–Kier alpha value is -3.00. The van der Waals surface area contributed by atoms with Crippen LogP contribution in [0.25, 0.3) is 0 Å². The first-order chi connectivity index (χ1) is 13.2. The molecule has 3 aliphatic rings. The molecule has 8 nitrogen and oxygen atoms in total. The number of amides is 2. The van der Waals surface area contributed by atoms with E-state index in [4.69, 9.17) is 14.2 Å². The maximum absolute atomic E-state index is 13.3. The number of imide groups is 1.